The second-order valence-electron chi connectivity index (χ2n) is 4.04. The molecule has 4 heteroatoms. The van der Waals surface area contributed by atoms with E-state index in [0.29, 0.717) is 13.2 Å². The number of rotatable bonds is 8. The number of thiophene rings is 1. The zero-order chi connectivity index (χ0) is 12.6. The average molecular weight is 265 g/mol. The van der Waals surface area contributed by atoms with Gasteiger partial charge in [-0.3, -0.25) is 0 Å². The molecule has 2 aromatic rings. The minimum Gasteiger partial charge on any atom is -0.382 e. The Labute approximate surface area is 112 Å². The van der Waals surface area contributed by atoms with Gasteiger partial charge < -0.3 is 14.8 Å². The van der Waals surface area contributed by atoms with Crippen molar-refractivity contribution < 1.29 is 9.47 Å². The van der Waals surface area contributed by atoms with Crippen molar-refractivity contribution in [1.82, 2.24) is 5.32 Å². The Bertz CT molecular complexity index is 470. The molecule has 1 aromatic heterocycles. The van der Waals surface area contributed by atoms with E-state index in [1.54, 1.807) is 18.4 Å². The molecule has 0 aliphatic rings. The van der Waals surface area contributed by atoms with Crippen molar-refractivity contribution in [1.29, 1.82) is 0 Å². The van der Waals surface area contributed by atoms with Crippen LogP contribution in [0.2, 0.25) is 0 Å². The van der Waals surface area contributed by atoms with E-state index in [1.807, 2.05) is 0 Å². The molecule has 0 saturated carbocycles. The molecular weight excluding hydrogens is 246 g/mol. The van der Waals surface area contributed by atoms with E-state index in [4.69, 9.17) is 9.47 Å². The fourth-order valence-electron chi connectivity index (χ4n) is 1.78. The number of ether oxygens (including phenoxy) is 2. The maximum absolute atomic E-state index is 5.40. The van der Waals surface area contributed by atoms with Crippen LogP contribution in [0.3, 0.4) is 0 Å². The molecule has 0 atom stereocenters. The van der Waals surface area contributed by atoms with Crippen molar-refractivity contribution in [2.45, 2.75) is 6.54 Å². The fraction of sp³-hybridized carbons (Fsp3) is 0.429. The molecule has 0 aliphatic heterocycles. The van der Waals surface area contributed by atoms with Crippen LogP contribution in [0.5, 0.6) is 0 Å². The highest BCUT2D eigenvalue weighted by Gasteiger charge is 2.02. The third kappa shape index (κ3) is 3.78. The number of nitrogens with one attached hydrogen (secondary N) is 1. The number of hydrogen-bond acceptors (Lipinski definition) is 4. The van der Waals surface area contributed by atoms with Crippen molar-refractivity contribution in [3.8, 4) is 0 Å². The lowest BCUT2D eigenvalue weighted by atomic mass is 10.2. The lowest BCUT2D eigenvalue weighted by Gasteiger charge is -2.05. The first-order valence-electron chi connectivity index (χ1n) is 6.14. The van der Waals surface area contributed by atoms with Gasteiger partial charge in [0.05, 0.1) is 19.8 Å². The second kappa shape index (κ2) is 7.48. The predicted molar refractivity (Wildman–Crippen MR) is 76.2 cm³/mol. The van der Waals surface area contributed by atoms with Crippen LogP contribution >= 0.6 is 11.3 Å². The number of hydrogen-bond donors (Lipinski definition) is 1. The van der Waals surface area contributed by atoms with Crippen LogP contribution in [0.25, 0.3) is 10.1 Å². The molecule has 0 bridgehead atoms. The summed E-state index contributed by atoms with van der Waals surface area (Å²) in [5, 5.41) is 6.98. The number of fused-ring (bicyclic) bond motifs is 1. The molecule has 1 aromatic carbocycles. The third-order valence-electron chi connectivity index (χ3n) is 2.73. The van der Waals surface area contributed by atoms with Gasteiger partial charge in [-0.1, -0.05) is 18.2 Å². The first-order chi connectivity index (χ1) is 8.92. The van der Waals surface area contributed by atoms with Crippen LogP contribution in [-0.4, -0.2) is 33.5 Å². The van der Waals surface area contributed by atoms with Crippen molar-refractivity contribution in [3.63, 3.8) is 0 Å². The van der Waals surface area contributed by atoms with E-state index in [0.717, 1.165) is 19.7 Å². The Morgan fingerprint density at radius 1 is 1.17 bits per heavy atom. The summed E-state index contributed by atoms with van der Waals surface area (Å²) in [6.07, 6.45) is 0. The van der Waals surface area contributed by atoms with E-state index < -0.39 is 0 Å². The Morgan fingerprint density at radius 3 is 2.94 bits per heavy atom. The van der Waals surface area contributed by atoms with Gasteiger partial charge in [0.25, 0.3) is 0 Å². The van der Waals surface area contributed by atoms with E-state index in [9.17, 15) is 0 Å². The smallest absolute Gasteiger partial charge is 0.0700 e. The normalized spacial score (nSPS) is 11.2. The first-order valence-corrected chi connectivity index (χ1v) is 7.02. The van der Waals surface area contributed by atoms with Crippen LogP contribution in [0, 0.1) is 0 Å². The Hall–Kier alpha value is -0.940. The highest BCUT2D eigenvalue weighted by molar-refractivity contribution is 7.17. The van der Waals surface area contributed by atoms with Crippen LogP contribution in [0.4, 0.5) is 0 Å². The molecule has 18 heavy (non-hydrogen) atoms. The molecule has 0 spiro atoms. The third-order valence-corrected chi connectivity index (χ3v) is 3.74. The van der Waals surface area contributed by atoms with Crippen molar-refractivity contribution in [2.75, 3.05) is 33.5 Å². The maximum Gasteiger partial charge on any atom is 0.0700 e. The first kappa shape index (κ1) is 13.5. The minimum absolute atomic E-state index is 0.662. The zero-order valence-electron chi connectivity index (χ0n) is 10.6. The van der Waals surface area contributed by atoms with Crippen LogP contribution in [0.1, 0.15) is 5.56 Å². The summed E-state index contributed by atoms with van der Waals surface area (Å²) in [5.41, 5.74) is 1.37. The van der Waals surface area contributed by atoms with Gasteiger partial charge in [0.2, 0.25) is 0 Å². The van der Waals surface area contributed by atoms with Gasteiger partial charge in [-0.25, -0.2) is 0 Å². The lowest BCUT2D eigenvalue weighted by molar-refractivity contribution is 0.0719. The average Bonchev–Trinajstić information content (AvgIpc) is 2.81. The van der Waals surface area contributed by atoms with Crippen LogP contribution in [0.15, 0.2) is 29.6 Å². The summed E-state index contributed by atoms with van der Waals surface area (Å²) in [4.78, 5) is 0. The molecule has 0 unspecified atom stereocenters. The predicted octanol–water partition coefficient (Wildman–Crippen LogP) is 2.65. The fourth-order valence-corrected chi connectivity index (χ4v) is 2.74. The van der Waals surface area contributed by atoms with Crippen molar-refractivity contribution in [3.05, 3.63) is 35.2 Å². The molecule has 0 aliphatic carbocycles. The largest absolute Gasteiger partial charge is 0.382 e. The van der Waals surface area contributed by atoms with Gasteiger partial charge in [-0.2, -0.15) is 0 Å². The molecule has 0 saturated heterocycles. The molecule has 3 nitrogen and oxygen atoms in total. The van der Waals surface area contributed by atoms with Gasteiger partial charge in [0, 0.05) is 24.9 Å². The summed E-state index contributed by atoms with van der Waals surface area (Å²) in [7, 11) is 1.68. The topological polar surface area (TPSA) is 30.5 Å². The standard InChI is InChI=1S/C14H19NO2S/c1-16-8-9-17-7-6-15-10-12-11-18-14-5-3-2-4-13(12)14/h2-5,11,15H,6-10H2,1H3. The Kier molecular flexibility index (Phi) is 5.61. The summed E-state index contributed by atoms with van der Waals surface area (Å²) in [5.74, 6) is 0. The summed E-state index contributed by atoms with van der Waals surface area (Å²) in [6, 6.07) is 8.52. The van der Waals surface area contributed by atoms with Gasteiger partial charge in [0.15, 0.2) is 0 Å². The highest BCUT2D eigenvalue weighted by Crippen LogP contribution is 2.25. The molecule has 0 fully saturated rings. The molecule has 0 radical (unpaired) electrons. The minimum atomic E-state index is 0.662. The zero-order valence-corrected chi connectivity index (χ0v) is 11.5. The number of methoxy groups -OCH3 is 1. The molecular formula is C14H19NO2S. The molecule has 2 rings (SSSR count). The summed E-state index contributed by atoms with van der Waals surface area (Å²) in [6.45, 7) is 3.83. The Balaban J connectivity index is 1.70. The molecule has 1 heterocycles. The molecule has 1 N–H and O–H groups in total. The van der Waals surface area contributed by atoms with Gasteiger partial charge in [0.1, 0.15) is 0 Å². The lowest BCUT2D eigenvalue weighted by Crippen LogP contribution is -2.20. The molecule has 0 amide bonds. The highest BCUT2D eigenvalue weighted by atomic mass is 32.1. The quantitative estimate of drug-likeness (QED) is 0.744. The SMILES string of the molecule is COCCOCCNCc1csc2ccccc12. The molecule has 98 valence electrons. The van der Waals surface area contributed by atoms with Gasteiger partial charge >= 0.3 is 0 Å². The van der Waals surface area contributed by atoms with E-state index >= 15 is 0 Å². The van der Waals surface area contributed by atoms with Crippen molar-refractivity contribution in [2.24, 2.45) is 0 Å². The second-order valence-corrected chi connectivity index (χ2v) is 4.95. The summed E-state index contributed by atoms with van der Waals surface area (Å²) < 4.78 is 11.7. The van der Waals surface area contributed by atoms with E-state index in [2.05, 4.69) is 35.0 Å². The maximum atomic E-state index is 5.40. The number of benzene rings is 1. The summed E-state index contributed by atoms with van der Waals surface area (Å²) >= 11 is 1.80. The Morgan fingerprint density at radius 2 is 2.06 bits per heavy atom. The van der Waals surface area contributed by atoms with Gasteiger partial charge in [-0.15, -0.1) is 11.3 Å². The van der Waals surface area contributed by atoms with Gasteiger partial charge in [-0.05, 0) is 22.4 Å². The monoisotopic (exact) mass is 265 g/mol. The van der Waals surface area contributed by atoms with Crippen LogP contribution < -0.4 is 5.32 Å². The van der Waals surface area contributed by atoms with E-state index in [-0.39, 0.29) is 0 Å². The van der Waals surface area contributed by atoms with Crippen LogP contribution in [-0.2, 0) is 16.0 Å². The van der Waals surface area contributed by atoms with Crippen molar-refractivity contribution >= 4 is 21.4 Å². The van der Waals surface area contributed by atoms with E-state index in [1.165, 1.54) is 15.6 Å².